The zero-order valence-electron chi connectivity index (χ0n) is 42.7. The Labute approximate surface area is 410 Å². The van der Waals surface area contributed by atoms with Gasteiger partial charge in [0.15, 0.2) is 0 Å². The molecule has 0 aromatic heterocycles. The molecule has 0 radical (unpaired) electrons. The molecule has 0 heterocycles. The van der Waals surface area contributed by atoms with Crippen LogP contribution in [0.2, 0.25) is 0 Å². The molecule has 4 aromatic carbocycles. The molecule has 6 fully saturated rings. The van der Waals surface area contributed by atoms with Crippen molar-refractivity contribution in [3.05, 3.63) is 115 Å². The molecule has 0 aliphatic heterocycles. The minimum atomic E-state index is -0.172. The minimum Gasteiger partial charge on any atom is -0.508 e. The Morgan fingerprint density at radius 3 is 0.706 bits per heavy atom. The molecule has 68 heavy (non-hydrogen) atoms. The number of hydrogen-bond acceptors (Lipinski definition) is 4. The molecule has 0 amide bonds. The zero-order valence-corrected chi connectivity index (χ0v) is 42.7. The van der Waals surface area contributed by atoms with Crippen molar-refractivity contribution in [3.8, 4) is 23.0 Å². The molecule has 0 atom stereocenters. The van der Waals surface area contributed by atoms with E-state index in [-0.39, 0.29) is 10.8 Å². The summed E-state index contributed by atoms with van der Waals surface area (Å²) in [5, 5.41) is 46.4. The maximum atomic E-state index is 11.6. The number of benzene rings is 4. The van der Waals surface area contributed by atoms with Gasteiger partial charge in [0.1, 0.15) is 23.0 Å². The molecule has 0 unspecified atom stereocenters. The number of aryl methyl sites for hydroxylation is 4. The second kappa shape index (κ2) is 20.1. The lowest BCUT2D eigenvalue weighted by Gasteiger charge is -2.49. The molecule has 6 saturated carbocycles. The maximum Gasteiger partial charge on any atom is 0.119 e. The van der Waals surface area contributed by atoms with Gasteiger partial charge in [-0.3, -0.25) is 0 Å². The standard InChI is InChI=1S/C64H86O4/c1-41-33-59(65)51(47-17-9-5-10-18-47)37-55(41)63(56-38-52(60(66)34-42(56)2)48-19-11-6-12-20-48)29-25-45(26-30-63)46-27-31-64(32-28-46,57-39-53(61(67)35-43(57)3)49-21-13-7-14-22-49)58-40-54(62(68)36-44(58)4)50-23-15-8-16-24-50/h33-40,45-50,65-68H,5-32H2,1-4H3. The monoisotopic (exact) mass is 919 g/mol. The van der Waals surface area contributed by atoms with E-state index >= 15 is 0 Å². The molecule has 6 aliphatic carbocycles. The predicted molar refractivity (Wildman–Crippen MR) is 280 cm³/mol. The molecule has 4 heteroatoms. The van der Waals surface area contributed by atoms with Crippen LogP contribution in [0.15, 0.2) is 48.5 Å². The zero-order chi connectivity index (χ0) is 47.2. The van der Waals surface area contributed by atoms with Crippen molar-refractivity contribution in [2.75, 3.05) is 0 Å². The Hall–Kier alpha value is -3.92. The number of rotatable bonds is 9. The fraction of sp³-hybridized carbons (Fsp3) is 0.625. The normalized spacial score (nSPS) is 22.9. The van der Waals surface area contributed by atoms with Crippen LogP contribution in [0.5, 0.6) is 23.0 Å². The van der Waals surface area contributed by atoms with Crippen molar-refractivity contribution in [3.63, 3.8) is 0 Å². The average molecular weight is 919 g/mol. The highest BCUT2D eigenvalue weighted by molar-refractivity contribution is 5.57. The van der Waals surface area contributed by atoms with Gasteiger partial charge < -0.3 is 20.4 Å². The third-order valence-corrected chi connectivity index (χ3v) is 20.2. The van der Waals surface area contributed by atoms with E-state index in [9.17, 15) is 20.4 Å². The van der Waals surface area contributed by atoms with E-state index < -0.39 is 0 Å². The van der Waals surface area contributed by atoms with Crippen LogP contribution in [0.4, 0.5) is 0 Å². The molecule has 366 valence electrons. The number of aromatic hydroxyl groups is 4. The molecule has 0 saturated heterocycles. The Kier molecular flexibility index (Phi) is 14.1. The summed E-state index contributed by atoms with van der Waals surface area (Å²) in [5.74, 6) is 4.92. The fourth-order valence-corrected chi connectivity index (χ4v) is 16.4. The summed E-state index contributed by atoms with van der Waals surface area (Å²) in [6.07, 6.45) is 33.5. The van der Waals surface area contributed by atoms with Crippen LogP contribution < -0.4 is 0 Å². The van der Waals surface area contributed by atoms with Crippen LogP contribution in [-0.2, 0) is 10.8 Å². The van der Waals surface area contributed by atoms with Gasteiger partial charge in [0.25, 0.3) is 0 Å². The molecule has 0 bridgehead atoms. The molecule has 6 aliphatic rings. The first kappa shape index (κ1) is 47.7. The molecular weight excluding hydrogens is 833 g/mol. The quantitative estimate of drug-likeness (QED) is 0.135. The van der Waals surface area contributed by atoms with Gasteiger partial charge in [0.05, 0.1) is 0 Å². The van der Waals surface area contributed by atoms with E-state index in [0.717, 1.165) is 77.0 Å². The molecule has 0 spiro atoms. The summed E-state index contributed by atoms with van der Waals surface area (Å²) in [5.41, 5.74) is 14.9. The Morgan fingerprint density at radius 1 is 0.294 bits per heavy atom. The second-order valence-electron chi connectivity index (χ2n) is 24.1. The van der Waals surface area contributed by atoms with Crippen LogP contribution in [0.25, 0.3) is 0 Å². The number of phenols is 4. The van der Waals surface area contributed by atoms with E-state index in [2.05, 4.69) is 76.2 Å². The largest absolute Gasteiger partial charge is 0.508 e. The maximum absolute atomic E-state index is 11.6. The topological polar surface area (TPSA) is 80.9 Å². The highest BCUT2D eigenvalue weighted by Crippen LogP contribution is 2.58. The first-order chi connectivity index (χ1) is 33.0. The first-order valence-electron chi connectivity index (χ1n) is 28.3. The van der Waals surface area contributed by atoms with Gasteiger partial charge in [0, 0.05) is 10.8 Å². The van der Waals surface area contributed by atoms with Crippen molar-refractivity contribution in [2.45, 2.75) is 242 Å². The molecule has 10 rings (SSSR count). The molecule has 4 aromatic rings. The van der Waals surface area contributed by atoms with Crippen molar-refractivity contribution >= 4 is 0 Å². The van der Waals surface area contributed by atoms with E-state index in [1.54, 1.807) is 0 Å². The highest BCUT2D eigenvalue weighted by Gasteiger charge is 2.47. The van der Waals surface area contributed by atoms with Gasteiger partial charge in [-0.25, -0.2) is 0 Å². The highest BCUT2D eigenvalue weighted by atomic mass is 16.3. The fourth-order valence-electron chi connectivity index (χ4n) is 16.4. The van der Waals surface area contributed by atoms with Gasteiger partial charge >= 0.3 is 0 Å². The van der Waals surface area contributed by atoms with Gasteiger partial charge in [-0.05, 0) is 257 Å². The van der Waals surface area contributed by atoms with Gasteiger partial charge in [0.2, 0.25) is 0 Å². The number of hydrogen-bond donors (Lipinski definition) is 4. The minimum absolute atomic E-state index is 0.172. The van der Waals surface area contributed by atoms with Crippen LogP contribution in [0.3, 0.4) is 0 Å². The van der Waals surface area contributed by atoms with E-state index in [1.807, 2.05) is 0 Å². The first-order valence-corrected chi connectivity index (χ1v) is 28.3. The van der Waals surface area contributed by atoms with Crippen LogP contribution in [0.1, 0.15) is 270 Å². The summed E-state index contributed by atoms with van der Waals surface area (Å²) in [6, 6.07) is 18.4. The molecular formula is C64H86O4. The van der Waals surface area contributed by atoms with Gasteiger partial charge in [-0.2, -0.15) is 0 Å². The van der Waals surface area contributed by atoms with Crippen molar-refractivity contribution in [1.29, 1.82) is 0 Å². The predicted octanol–water partition coefficient (Wildman–Crippen LogP) is 17.6. The summed E-state index contributed by atoms with van der Waals surface area (Å²) in [4.78, 5) is 0. The summed E-state index contributed by atoms with van der Waals surface area (Å²) in [7, 11) is 0. The van der Waals surface area contributed by atoms with Crippen molar-refractivity contribution < 1.29 is 20.4 Å². The molecule has 4 nitrogen and oxygen atoms in total. The van der Waals surface area contributed by atoms with Crippen LogP contribution >= 0.6 is 0 Å². The Morgan fingerprint density at radius 2 is 0.500 bits per heavy atom. The lowest BCUT2D eigenvalue weighted by Crippen LogP contribution is -2.40. The Balaban J connectivity index is 1.00. The van der Waals surface area contributed by atoms with Gasteiger partial charge in [-0.1, -0.05) is 101 Å². The van der Waals surface area contributed by atoms with Gasteiger partial charge in [-0.15, -0.1) is 0 Å². The van der Waals surface area contributed by atoms with E-state index in [1.165, 1.54) is 169 Å². The Bertz CT molecular complexity index is 2080. The second-order valence-corrected chi connectivity index (χ2v) is 24.1. The summed E-state index contributed by atoms with van der Waals surface area (Å²) < 4.78 is 0. The van der Waals surface area contributed by atoms with E-state index in [4.69, 9.17) is 0 Å². The number of phenolic OH excluding ortho intramolecular Hbond substituents is 4. The van der Waals surface area contributed by atoms with Crippen LogP contribution in [-0.4, -0.2) is 20.4 Å². The smallest absolute Gasteiger partial charge is 0.119 e. The third kappa shape index (κ3) is 9.04. The average Bonchev–Trinajstić information content (AvgIpc) is 3.35. The summed E-state index contributed by atoms with van der Waals surface area (Å²) >= 11 is 0. The third-order valence-electron chi connectivity index (χ3n) is 20.2. The van der Waals surface area contributed by atoms with Crippen LogP contribution in [0, 0.1) is 39.5 Å². The molecule has 4 N–H and O–H groups in total. The van der Waals surface area contributed by atoms with E-state index in [0.29, 0.717) is 58.5 Å². The van der Waals surface area contributed by atoms with Crippen molar-refractivity contribution in [1.82, 2.24) is 0 Å². The SMILES string of the molecule is Cc1cc(O)c(C2CCCCC2)cc1C1(c2cc(C3CCCCC3)c(O)cc2C)CCC(C2CCC(c3cc(C4CCCCC4)c(O)cc3C)(c3cc(C4CCCCC4)c(O)cc3C)CC2)CC1. The van der Waals surface area contributed by atoms with Crippen molar-refractivity contribution in [2.24, 2.45) is 11.8 Å². The summed E-state index contributed by atoms with van der Waals surface area (Å²) in [6.45, 7) is 9.01. The lowest BCUT2D eigenvalue weighted by molar-refractivity contribution is 0.140. The lowest BCUT2D eigenvalue weighted by atomic mass is 9.55.